The third kappa shape index (κ3) is 3.73. The largest absolute Gasteiger partial charge is 0.478 e. The molecule has 0 fully saturated rings. The van der Waals surface area contributed by atoms with Crippen molar-refractivity contribution in [3.63, 3.8) is 0 Å². The monoisotopic (exact) mass is 344 g/mol. The highest BCUT2D eigenvalue weighted by Crippen LogP contribution is 2.25. The van der Waals surface area contributed by atoms with Crippen LogP contribution in [0.4, 0.5) is 5.69 Å². The van der Waals surface area contributed by atoms with Crippen LogP contribution in [0.15, 0.2) is 47.4 Å². The van der Waals surface area contributed by atoms with Gasteiger partial charge in [0, 0.05) is 0 Å². The van der Waals surface area contributed by atoms with Crippen LogP contribution in [0, 0.1) is 11.3 Å². The molecule has 0 aliphatic rings. The Hall–Kier alpha value is -2.85. The summed E-state index contributed by atoms with van der Waals surface area (Å²) in [7, 11) is -4.00. The SMILES string of the molecule is CC(C)c1ccc(NS(=O)(=O)c2cccc(C#N)c2)c(C(=O)O)c1. The van der Waals surface area contributed by atoms with Gasteiger partial charge in [-0.25, -0.2) is 13.2 Å². The summed E-state index contributed by atoms with van der Waals surface area (Å²) < 4.78 is 27.2. The van der Waals surface area contributed by atoms with E-state index in [1.807, 2.05) is 19.9 Å². The second-order valence-corrected chi connectivity index (χ2v) is 7.19. The molecular formula is C17H16N2O4S. The molecule has 0 bridgehead atoms. The van der Waals surface area contributed by atoms with Crippen LogP contribution in [-0.2, 0) is 10.0 Å². The topological polar surface area (TPSA) is 107 Å². The first-order valence-corrected chi connectivity index (χ1v) is 8.63. The maximum atomic E-state index is 12.4. The number of nitrogens with zero attached hydrogens (tertiary/aromatic N) is 1. The molecule has 0 unspecified atom stereocenters. The third-order valence-corrected chi connectivity index (χ3v) is 4.82. The van der Waals surface area contributed by atoms with Crippen molar-refractivity contribution < 1.29 is 18.3 Å². The fraction of sp³-hybridized carbons (Fsp3) is 0.176. The number of hydrogen-bond acceptors (Lipinski definition) is 4. The van der Waals surface area contributed by atoms with Crippen LogP contribution in [0.1, 0.15) is 41.3 Å². The summed E-state index contributed by atoms with van der Waals surface area (Å²) in [5, 5.41) is 18.2. The molecule has 0 aliphatic heterocycles. The molecule has 0 atom stereocenters. The molecule has 0 aromatic heterocycles. The lowest BCUT2D eigenvalue weighted by Crippen LogP contribution is -2.16. The number of carbonyl (C=O) groups is 1. The van der Waals surface area contributed by atoms with Crippen molar-refractivity contribution in [3.8, 4) is 6.07 Å². The molecule has 0 saturated heterocycles. The van der Waals surface area contributed by atoms with Gasteiger partial charge in [0.25, 0.3) is 10.0 Å². The van der Waals surface area contributed by atoms with Crippen LogP contribution in [0.3, 0.4) is 0 Å². The summed E-state index contributed by atoms with van der Waals surface area (Å²) in [6.45, 7) is 3.83. The molecule has 24 heavy (non-hydrogen) atoms. The first-order valence-electron chi connectivity index (χ1n) is 7.15. The Morgan fingerprint density at radius 2 is 1.92 bits per heavy atom. The minimum atomic E-state index is -4.00. The summed E-state index contributed by atoms with van der Waals surface area (Å²) in [6, 6.07) is 11.9. The molecule has 0 saturated carbocycles. The Morgan fingerprint density at radius 3 is 2.50 bits per heavy atom. The molecule has 2 aromatic rings. The lowest BCUT2D eigenvalue weighted by Gasteiger charge is -2.13. The van der Waals surface area contributed by atoms with E-state index in [4.69, 9.17) is 5.26 Å². The molecule has 2 N–H and O–H groups in total. The van der Waals surface area contributed by atoms with Gasteiger partial charge in [-0.15, -0.1) is 0 Å². The molecule has 124 valence electrons. The van der Waals surface area contributed by atoms with Crippen LogP contribution in [0.25, 0.3) is 0 Å². The maximum Gasteiger partial charge on any atom is 0.337 e. The Balaban J connectivity index is 2.46. The quantitative estimate of drug-likeness (QED) is 0.866. The van der Waals surface area contributed by atoms with E-state index in [2.05, 4.69) is 4.72 Å². The minimum absolute atomic E-state index is 0.0192. The van der Waals surface area contributed by atoms with Crippen molar-refractivity contribution in [1.29, 1.82) is 5.26 Å². The highest BCUT2D eigenvalue weighted by molar-refractivity contribution is 7.92. The number of sulfonamides is 1. The van der Waals surface area contributed by atoms with E-state index in [1.54, 1.807) is 6.07 Å². The van der Waals surface area contributed by atoms with Crippen molar-refractivity contribution in [2.24, 2.45) is 0 Å². The van der Waals surface area contributed by atoms with E-state index >= 15 is 0 Å². The maximum absolute atomic E-state index is 12.4. The highest BCUT2D eigenvalue weighted by Gasteiger charge is 2.19. The lowest BCUT2D eigenvalue weighted by atomic mass is 10.00. The predicted octanol–water partition coefficient (Wildman–Crippen LogP) is 3.18. The lowest BCUT2D eigenvalue weighted by molar-refractivity contribution is 0.0698. The van der Waals surface area contributed by atoms with Crippen LogP contribution in [-0.4, -0.2) is 19.5 Å². The van der Waals surface area contributed by atoms with Gasteiger partial charge in [-0.3, -0.25) is 4.72 Å². The second kappa shape index (κ2) is 6.72. The number of aromatic carboxylic acids is 1. The average Bonchev–Trinajstić information content (AvgIpc) is 2.54. The number of carboxylic acids is 1. The Morgan fingerprint density at radius 1 is 1.21 bits per heavy atom. The van der Waals surface area contributed by atoms with Crippen molar-refractivity contribution in [1.82, 2.24) is 0 Å². The summed E-state index contributed by atoms with van der Waals surface area (Å²) in [5.74, 6) is -1.11. The van der Waals surface area contributed by atoms with E-state index in [0.717, 1.165) is 5.56 Å². The zero-order valence-corrected chi connectivity index (χ0v) is 14.0. The van der Waals surface area contributed by atoms with Gasteiger partial charge < -0.3 is 5.11 Å². The van der Waals surface area contributed by atoms with E-state index in [0.29, 0.717) is 0 Å². The Bertz CT molecular complexity index is 928. The highest BCUT2D eigenvalue weighted by atomic mass is 32.2. The van der Waals surface area contributed by atoms with Gasteiger partial charge in [-0.2, -0.15) is 5.26 Å². The van der Waals surface area contributed by atoms with Crippen molar-refractivity contribution in [2.45, 2.75) is 24.7 Å². The van der Waals surface area contributed by atoms with Gasteiger partial charge >= 0.3 is 5.97 Å². The number of nitriles is 1. The van der Waals surface area contributed by atoms with E-state index in [-0.39, 0.29) is 27.6 Å². The van der Waals surface area contributed by atoms with Gasteiger partial charge in [0.2, 0.25) is 0 Å². The molecule has 0 radical (unpaired) electrons. The second-order valence-electron chi connectivity index (χ2n) is 5.51. The molecule has 2 aromatic carbocycles. The van der Waals surface area contributed by atoms with Crippen molar-refractivity contribution >= 4 is 21.7 Å². The van der Waals surface area contributed by atoms with E-state index in [9.17, 15) is 18.3 Å². The molecular weight excluding hydrogens is 328 g/mol. The van der Waals surface area contributed by atoms with Crippen LogP contribution in [0.2, 0.25) is 0 Å². The first-order chi connectivity index (χ1) is 11.2. The van der Waals surface area contributed by atoms with Gasteiger partial charge in [0.05, 0.1) is 27.8 Å². The molecule has 0 heterocycles. The predicted molar refractivity (Wildman–Crippen MR) is 89.5 cm³/mol. The van der Waals surface area contributed by atoms with Crippen molar-refractivity contribution in [3.05, 3.63) is 59.2 Å². The van der Waals surface area contributed by atoms with Gasteiger partial charge in [-0.05, 0) is 41.8 Å². The Labute approximate surface area is 140 Å². The summed E-state index contributed by atoms with van der Waals surface area (Å²) >= 11 is 0. The van der Waals surface area contributed by atoms with Gasteiger partial charge in [0.15, 0.2) is 0 Å². The number of nitrogens with one attached hydrogen (secondary N) is 1. The van der Waals surface area contributed by atoms with Crippen LogP contribution in [0.5, 0.6) is 0 Å². The number of rotatable bonds is 5. The number of carboxylic acid groups (broad SMARTS) is 1. The summed E-state index contributed by atoms with van der Waals surface area (Å²) in [5.41, 5.74) is 0.851. The number of benzene rings is 2. The summed E-state index contributed by atoms with van der Waals surface area (Å²) in [4.78, 5) is 11.3. The molecule has 0 aliphatic carbocycles. The van der Waals surface area contributed by atoms with Crippen molar-refractivity contribution in [2.75, 3.05) is 4.72 Å². The zero-order chi connectivity index (χ0) is 17.9. The van der Waals surface area contributed by atoms with Crippen LogP contribution < -0.4 is 4.72 Å². The third-order valence-electron chi connectivity index (χ3n) is 3.46. The Kier molecular flexibility index (Phi) is 4.90. The minimum Gasteiger partial charge on any atom is -0.478 e. The summed E-state index contributed by atoms with van der Waals surface area (Å²) in [6.07, 6.45) is 0. The van der Waals surface area contributed by atoms with Gasteiger partial charge in [0.1, 0.15) is 0 Å². The molecule has 7 heteroatoms. The molecule has 2 rings (SSSR count). The number of anilines is 1. The van der Waals surface area contributed by atoms with Crippen LogP contribution >= 0.6 is 0 Å². The fourth-order valence-electron chi connectivity index (χ4n) is 2.12. The standard InChI is InChI=1S/C17H16N2O4S/c1-11(2)13-6-7-16(15(9-13)17(20)21)19-24(22,23)14-5-3-4-12(8-14)10-18/h3-9,11,19H,1-2H3,(H,20,21). The van der Waals surface area contributed by atoms with E-state index in [1.165, 1.54) is 36.4 Å². The zero-order valence-electron chi connectivity index (χ0n) is 13.1. The van der Waals surface area contributed by atoms with E-state index < -0.39 is 16.0 Å². The fourth-order valence-corrected chi connectivity index (χ4v) is 3.25. The first kappa shape index (κ1) is 17.5. The molecule has 0 amide bonds. The molecule has 0 spiro atoms. The number of hydrogen-bond donors (Lipinski definition) is 2. The smallest absolute Gasteiger partial charge is 0.337 e. The van der Waals surface area contributed by atoms with Gasteiger partial charge in [-0.1, -0.05) is 26.0 Å². The molecule has 6 nitrogen and oxygen atoms in total. The normalized spacial score (nSPS) is 11.1. The average molecular weight is 344 g/mol.